The zero-order valence-electron chi connectivity index (χ0n) is 20.9. The second-order valence-electron chi connectivity index (χ2n) is 8.58. The predicted molar refractivity (Wildman–Crippen MR) is 159 cm³/mol. The highest BCUT2D eigenvalue weighted by Crippen LogP contribution is 2.33. The maximum absolute atomic E-state index is 13.2. The molecule has 0 unspecified atom stereocenters. The Morgan fingerprint density at radius 3 is 2.49 bits per heavy atom. The molecule has 1 aromatic heterocycles. The molecule has 194 valence electrons. The molecular weight excluding hydrogens is 578 g/mol. The van der Waals surface area contributed by atoms with Crippen molar-refractivity contribution in [2.75, 3.05) is 7.11 Å². The van der Waals surface area contributed by atoms with E-state index in [2.05, 4.69) is 26.5 Å². The van der Waals surface area contributed by atoms with E-state index in [4.69, 9.17) is 26.1 Å². The summed E-state index contributed by atoms with van der Waals surface area (Å²) in [7, 11) is 1.57. The van der Waals surface area contributed by atoms with Gasteiger partial charge in [0.05, 0.1) is 30.1 Å². The Balaban J connectivity index is 1.35. The van der Waals surface area contributed by atoms with E-state index in [-0.39, 0.29) is 5.91 Å². The molecule has 5 rings (SSSR count). The Kier molecular flexibility index (Phi) is 8.20. The molecule has 8 heteroatoms. The lowest BCUT2D eigenvalue weighted by atomic mass is 10.0. The molecule has 6 nitrogen and oxygen atoms in total. The third-order valence-electron chi connectivity index (χ3n) is 5.99. The van der Waals surface area contributed by atoms with E-state index in [1.165, 1.54) is 0 Å². The summed E-state index contributed by atoms with van der Waals surface area (Å²) < 4.78 is 12.2. The summed E-state index contributed by atoms with van der Waals surface area (Å²) in [6.07, 6.45) is 1.55. The summed E-state index contributed by atoms with van der Waals surface area (Å²) in [6, 6.07) is 30.1. The predicted octanol–water partition coefficient (Wildman–Crippen LogP) is 7.67. The van der Waals surface area contributed by atoms with Crippen LogP contribution in [0.4, 0.5) is 0 Å². The number of carbonyl (C=O) groups is 1. The van der Waals surface area contributed by atoms with Crippen LogP contribution in [-0.2, 0) is 6.61 Å². The minimum Gasteiger partial charge on any atom is -0.493 e. The third kappa shape index (κ3) is 6.28. The number of fused-ring (bicyclic) bond motifs is 1. The summed E-state index contributed by atoms with van der Waals surface area (Å²) in [5, 5.41) is 5.63. The number of ether oxygens (including phenoxy) is 2. The van der Waals surface area contributed by atoms with E-state index in [0.29, 0.717) is 39.9 Å². The van der Waals surface area contributed by atoms with Gasteiger partial charge in [0, 0.05) is 26.0 Å². The molecule has 0 bridgehead atoms. The number of pyridine rings is 1. The quantitative estimate of drug-likeness (QED) is 0.147. The molecule has 5 aromatic rings. The maximum atomic E-state index is 13.2. The minimum atomic E-state index is -0.340. The number of aromatic nitrogens is 1. The van der Waals surface area contributed by atoms with Crippen LogP contribution in [0.2, 0.25) is 5.02 Å². The number of carbonyl (C=O) groups excluding carboxylic acids is 1. The number of methoxy groups -OCH3 is 1. The van der Waals surface area contributed by atoms with Gasteiger partial charge in [-0.2, -0.15) is 5.10 Å². The van der Waals surface area contributed by atoms with E-state index >= 15 is 0 Å². The van der Waals surface area contributed by atoms with Crippen LogP contribution in [0, 0.1) is 0 Å². The van der Waals surface area contributed by atoms with Crippen LogP contribution in [0.15, 0.2) is 107 Å². The number of benzene rings is 4. The first-order valence-corrected chi connectivity index (χ1v) is 13.2. The zero-order chi connectivity index (χ0) is 27.2. The highest BCUT2D eigenvalue weighted by molar-refractivity contribution is 9.10. The van der Waals surface area contributed by atoms with E-state index in [1.54, 1.807) is 31.5 Å². The molecule has 0 aliphatic carbocycles. The molecule has 0 aliphatic heterocycles. The fourth-order valence-electron chi connectivity index (χ4n) is 4.00. The lowest BCUT2D eigenvalue weighted by molar-refractivity contribution is 0.0956. The first-order valence-electron chi connectivity index (χ1n) is 12.0. The van der Waals surface area contributed by atoms with Crippen LogP contribution in [0.25, 0.3) is 22.2 Å². The van der Waals surface area contributed by atoms with Gasteiger partial charge in [0.15, 0.2) is 11.5 Å². The molecule has 1 amide bonds. The van der Waals surface area contributed by atoms with E-state index in [1.807, 2.05) is 78.9 Å². The highest BCUT2D eigenvalue weighted by atomic mass is 79.9. The van der Waals surface area contributed by atoms with Gasteiger partial charge in [0.2, 0.25) is 0 Å². The number of nitrogens with one attached hydrogen (secondary N) is 1. The first kappa shape index (κ1) is 26.4. The van der Waals surface area contributed by atoms with Gasteiger partial charge in [0.1, 0.15) is 6.61 Å². The number of hydrogen-bond donors (Lipinski definition) is 1. The Labute approximate surface area is 239 Å². The van der Waals surface area contributed by atoms with Gasteiger partial charge in [0.25, 0.3) is 5.91 Å². The zero-order valence-corrected chi connectivity index (χ0v) is 23.2. The van der Waals surface area contributed by atoms with Crippen molar-refractivity contribution in [3.05, 3.63) is 123 Å². The molecular formula is C31H23BrClN3O3. The highest BCUT2D eigenvalue weighted by Gasteiger charge is 2.14. The normalized spacial score (nSPS) is 11.1. The van der Waals surface area contributed by atoms with Gasteiger partial charge in [-0.25, -0.2) is 10.4 Å². The van der Waals surface area contributed by atoms with Crippen LogP contribution >= 0.6 is 27.5 Å². The standard InChI is InChI=1S/C31H23BrClN3O3/c1-38-29-15-22(26(32)17-30(29)39-19-20-11-13-23(33)14-12-20)18-34-36-31(37)25-16-28(21-7-3-2-4-8-21)35-27-10-6-5-9-24(25)27/h2-18H,19H2,1H3,(H,36,37)/b34-18+. The number of hydrogen-bond acceptors (Lipinski definition) is 5. The Hall–Kier alpha value is -4.20. The number of hydrazone groups is 1. The van der Waals surface area contributed by atoms with Crippen LogP contribution < -0.4 is 14.9 Å². The molecule has 1 N–H and O–H groups in total. The Morgan fingerprint density at radius 1 is 0.974 bits per heavy atom. The number of para-hydroxylation sites is 1. The van der Waals surface area contributed by atoms with Crippen molar-refractivity contribution in [3.63, 3.8) is 0 Å². The van der Waals surface area contributed by atoms with Crippen LogP contribution in [0.3, 0.4) is 0 Å². The summed E-state index contributed by atoms with van der Waals surface area (Å²) in [5.41, 5.74) is 7.18. The average Bonchev–Trinajstić information content (AvgIpc) is 2.97. The van der Waals surface area contributed by atoms with Crippen LogP contribution in [0.1, 0.15) is 21.5 Å². The van der Waals surface area contributed by atoms with E-state index in [0.717, 1.165) is 26.5 Å². The number of halogens is 2. The lowest BCUT2D eigenvalue weighted by Crippen LogP contribution is -2.18. The Morgan fingerprint density at radius 2 is 1.72 bits per heavy atom. The average molecular weight is 601 g/mol. The van der Waals surface area contributed by atoms with Gasteiger partial charge in [-0.1, -0.05) is 72.3 Å². The summed E-state index contributed by atoms with van der Waals surface area (Å²) in [4.78, 5) is 18.0. The number of amides is 1. The van der Waals surface area contributed by atoms with Crippen LogP contribution in [-0.4, -0.2) is 24.2 Å². The Bertz CT molecular complexity index is 1660. The molecule has 0 saturated heterocycles. The fraction of sp³-hybridized carbons (Fsp3) is 0.0645. The lowest BCUT2D eigenvalue weighted by Gasteiger charge is -2.13. The van der Waals surface area contributed by atoms with Crippen molar-refractivity contribution in [2.24, 2.45) is 5.10 Å². The van der Waals surface area contributed by atoms with Gasteiger partial charge in [-0.05, 0) is 57.9 Å². The summed E-state index contributed by atoms with van der Waals surface area (Å²) >= 11 is 9.52. The minimum absolute atomic E-state index is 0.340. The number of rotatable bonds is 8. The molecule has 0 atom stereocenters. The van der Waals surface area contributed by atoms with Gasteiger partial charge in [-0.3, -0.25) is 4.79 Å². The van der Waals surface area contributed by atoms with E-state index < -0.39 is 0 Å². The molecule has 0 spiro atoms. The third-order valence-corrected chi connectivity index (χ3v) is 6.93. The molecule has 0 saturated carbocycles. The molecule has 0 aliphatic rings. The SMILES string of the molecule is COc1cc(/C=N/NC(=O)c2cc(-c3ccccc3)nc3ccccc23)c(Br)cc1OCc1ccc(Cl)cc1. The van der Waals surface area contributed by atoms with Crippen molar-refractivity contribution < 1.29 is 14.3 Å². The van der Waals surface area contributed by atoms with Gasteiger partial charge >= 0.3 is 0 Å². The van der Waals surface area contributed by atoms with Crippen molar-refractivity contribution in [2.45, 2.75) is 6.61 Å². The van der Waals surface area contributed by atoms with Gasteiger partial charge in [-0.15, -0.1) is 0 Å². The molecule has 4 aromatic carbocycles. The van der Waals surface area contributed by atoms with Crippen molar-refractivity contribution >= 4 is 50.6 Å². The van der Waals surface area contributed by atoms with Crippen molar-refractivity contribution in [1.82, 2.24) is 10.4 Å². The monoisotopic (exact) mass is 599 g/mol. The fourth-order valence-corrected chi connectivity index (χ4v) is 4.56. The molecule has 0 radical (unpaired) electrons. The van der Waals surface area contributed by atoms with Crippen molar-refractivity contribution in [1.29, 1.82) is 0 Å². The summed E-state index contributed by atoms with van der Waals surface area (Å²) in [6.45, 7) is 0.355. The largest absolute Gasteiger partial charge is 0.493 e. The van der Waals surface area contributed by atoms with Crippen molar-refractivity contribution in [3.8, 4) is 22.8 Å². The second-order valence-corrected chi connectivity index (χ2v) is 9.87. The first-order chi connectivity index (χ1) is 19.0. The molecule has 39 heavy (non-hydrogen) atoms. The second kappa shape index (κ2) is 12.1. The smallest absolute Gasteiger partial charge is 0.272 e. The summed E-state index contributed by atoms with van der Waals surface area (Å²) in [5.74, 6) is 0.762. The van der Waals surface area contributed by atoms with E-state index in [9.17, 15) is 4.79 Å². The topological polar surface area (TPSA) is 72.8 Å². The van der Waals surface area contributed by atoms with Crippen LogP contribution in [0.5, 0.6) is 11.5 Å². The maximum Gasteiger partial charge on any atom is 0.272 e. The molecule has 1 heterocycles. The number of nitrogens with zero attached hydrogens (tertiary/aromatic N) is 2. The molecule has 0 fully saturated rings. The van der Waals surface area contributed by atoms with Gasteiger partial charge < -0.3 is 9.47 Å².